The summed E-state index contributed by atoms with van der Waals surface area (Å²) in [6.07, 6.45) is 5.36. The van der Waals surface area contributed by atoms with Crippen molar-refractivity contribution in [1.29, 1.82) is 0 Å². The van der Waals surface area contributed by atoms with Crippen LogP contribution in [-0.4, -0.2) is 39.8 Å². The molecule has 1 aromatic heterocycles. The minimum atomic E-state index is -0.415. The molecule has 1 fully saturated rings. The van der Waals surface area contributed by atoms with Crippen molar-refractivity contribution in [2.45, 2.75) is 18.9 Å². The van der Waals surface area contributed by atoms with Crippen LogP contribution in [0.2, 0.25) is 0 Å². The first kappa shape index (κ1) is 18.2. The molecule has 3 amide bonds. The van der Waals surface area contributed by atoms with E-state index in [4.69, 9.17) is 0 Å². The van der Waals surface area contributed by atoms with E-state index in [1.165, 1.54) is 0 Å². The molecule has 0 unspecified atom stereocenters. The van der Waals surface area contributed by atoms with E-state index in [-0.39, 0.29) is 17.7 Å². The molecule has 150 valence electrons. The smallest absolute Gasteiger partial charge is 0.256 e. The Morgan fingerprint density at radius 1 is 1.03 bits per heavy atom. The Bertz CT molecular complexity index is 1140. The first-order valence-corrected chi connectivity index (χ1v) is 9.91. The van der Waals surface area contributed by atoms with Gasteiger partial charge in [0.2, 0.25) is 5.91 Å². The highest BCUT2D eigenvalue weighted by Gasteiger charge is 2.38. The molecule has 30 heavy (non-hydrogen) atoms. The third-order valence-electron chi connectivity index (χ3n) is 5.61. The SMILES string of the molecule is O=C(Nc1ccc2c(c1)C(=O)N1CCC[C@H]1C(=O)N2)c1ccc(-n2cccc2)cc1. The van der Waals surface area contributed by atoms with E-state index in [0.717, 1.165) is 12.1 Å². The maximum absolute atomic E-state index is 12.9. The molecule has 2 N–H and O–H groups in total. The van der Waals surface area contributed by atoms with Crippen molar-refractivity contribution in [3.05, 3.63) is 78.1 Å². The number of rotatable bonds is 3. The Morgan fingerprint density at radius 3 is 2.57 bits per heavy atom. The number of fused-ring (bicyclic) bond motifs is 2. The Labute approximate surface area is 173 Å². The lowest BCUT2D eigenvalue weighted by Gasteiger charge is -2.20. The van der Waals surface area contributed by atoms with Crippen LogP contribution in [0.3, 0.4) is 0 Å². The first-order valence-electron chi connectivity index (χ1n) is 9.91. The summed E-state index contributed by atoms with van der Waals surface area (Å²) in [5.74, 6) is -0.602. The Morgan fingerprint density at radius 2 is 1.80 bits per heavy atom. The first-order chi connectivity index (χ1) is 14.6. The molecule has 3 aromatic rings. The third-order valence-corrected chi connectivity index (χ3v) is 5.61. The lowest BCUT2D eigenvalue weighted by molar-refractivity contribution is -0.119. The lowest BCUT2D eigenvalue weighted by atomic mass is 10.1. The number of benzene rings is 2. The van der Waals surface area contributed by atoms with E-state index in [9.17, 15) is 14.4 Å². The predicted octanol–water partition coefficient (Wildman–Crippen LogP) is 3.29. The van der Waals surface area contributed by atoms with Gasteiger partial charge in [-0.05, 0) is 67.4 Å². The number of carbonyl (C=O) groups excluding carboxylic acids is 3. The molecule has 0 saturated carbocycles. The van der Waals surface area contributed by atoms with E-state index in [1.54, 1.807) is 35.2 Å². The number of carbonyl (C=O) groups is 3. The van der Waals surface area contributed by atoms with Crippen molar-refractivity contribution in [2.24, 2.45) is 0 Å². The largest absolute Gasteiger partial charge is 0.327 e. The summed E-state index contributed by atoms with van der Waals surface area (Å²) in [6, 6.07) is 15.7. The van der Waals surface area contributed by atoms with Gasteiger partial charge in [0, 0.05) is 35.9 Å². The van der Waals surface area contributed by atoms with Crippen LogP contribution >= 0.6 is 0 Å². The second-order valence-electron chi connectivity index (χ2n) is 7.50. The third kappa shape index (κ3) is 3.14. The van der Waals surface area contributed by atoms with Gasteiger partial charge < -0.3 is 20.1 Å². The fraction of sp³-hybridized carbons (Fsp3) is 0.174. The molecule has 2 aromatic carbocycles. The van der Waals surface area contributed by atoms with Gasteiger partial charge in [-0.3, -0.25) is 14.4 Å². The Balaban J connectivity index is 1.37. The summed E-state index contributed by atoms with van der Waals surface area (Å²) in [4.78, 5) is 39.6. The van der Waals surface area contributed by atoms with Crippen LogP contribution < -0.4 is 10.6 Å². The summed E-state index contributed by atoms with van der Waals surface area (Å²) in [5, 5.41) is 5.68. The Kier molecular flexibility index (Phi) is 4.35. The molecule has 2 aliphatic rings. The lowest BCUT2D eigenvalue weighted by Crippen LogP contribution is -2.40. The van der Waals surface area contributed by atoms with Crippen LogP contribution in [0.15, 0.2) is 67.0 Å². The van der Waals surface area contributed by atoms with Gasteiger partial charge in [-0.25, -0.2) is 0 Å². The van der Waals surface area contributed by atoms with Gasteiger partial charge in [-0.2, -0.15) is 0 Å². The second kappa shape index (κ2) is 7.18. The Hall–Kier alpha value is -3.87. The molecule has 1 saturated heterocycles. The molecule has 3 heterocycles. The van der Waals surface area contributed by atoms with Gasteiger partial charge >= 0.3 is 0 Å². The maximum atomic E-state index is 12.9. The fourth-order valence-electron chi connectivity index (χ4n) is 4.06. The van der Waals surface area contributed by atoms with Gasteiger partial charge in [-0.15, -0.1) is 0 Å². The van der Waals surface area contributed by atoms with Gasteiger partial charge in [0.15, 0.2) is 0 Å². The minimum absolute atomic E-state index is 0.154. The highest BCUT2D eigenvalue weighted by Crippen LogP contribution is 2.30. The number of anilines is 2. The van der Waals surface area contributed by atoms with E-state index in [0.29, 0.717) is 35.5 Å². The van der Waals surface area contributed by atoms with E-state index >= 15 is 0 Å². The minimum Gasteiger partial charge on any atom is -0.327 e. The summed E-state index contributed by atoms with van der Waals surface area (Å²) in [6.45, 7) is 0.570. The van der Waals surface area contributed by atoms with Crippen LogP contribution in [0.5, 0.6) is 0 Å². The number of aromatic nitrogens is 1. The van der Waals surface area contributed by atoms with Crippen molar-refractivity contribution in [1.82, 2.24) is 9.47 Å². The van der Waals surface area contributed by atoms with Crippen LogP contribution in [0, 0.1) is 0 Å². The van der Waals surface area contributed by atoms with Crippen molar-refractivity contribution in [3.8, 4) is 5.69 Å². The van der Waals surface area contributed by atoms with Crippen molar-refractivity contribution >= 4 is 29.1 Å². The molecular weight excluding hydrogens is 380 g/mol. The monoisotopic (exact) mass is 400 g/mol. The quantitative estimate of drug-likeness (QED) is 0.708. The van der Waals surface area contributed by atoms with E-state index in [1.807, 2.05) is 41.2 Å². The van der Waals surface area contributed by atoms with E-state index < -0.39 is 6.04 Å². The highest BCUT2D eigenvalue weighted by atomic mass is 16.2. The molecule has 0 spiro atoms. The normalized spacial score (nSPS) is 17.7. The summed E-state index contributed by atoms with van der Waals surface area (Å²) in [7, 11) is 0. The molecule has 7 nitrogen and oxygen atoms in total. The van der Waals surface area contributed by atoms with Crippen LogP contribution in [0.25, 0.3) is 5.69 Å². The number of amides is 3. The highest BCUT2D eigenvalue weighted by molar-refractivity contribution is 6.11. The number of hydrogen-bond donors (Lipinski definition) is 2. The zero-order valence-corrected chi connectivity index (χ0v) is 16.2. The molecule has 5 rings (SSSR count). The van der Waals surface area contributed by atoms with Crippen molar-refractivity contribution in [2.75, 3.05) is 17.2 Å². The average Bonchev–Trinajstić information content (AvgIpc) is 3.45. The molecule has 0 aliphatic carbocycles. The van der Waals surface area contributed by atoms with Crippen molar-refractivity contribution in [3.63, 3.8) is 0 Å². The topological polar surface area (TPSA) is 83.4 Å². The van der Waals surface area contributed by atoms with Gasteiger partial charge in [0.25, 0.3) is 11.8 Å². The zero-order valence-electron chi connectivity index (χ0n) is 16.2. The van der Waals surface area contributed by atoms with Gasteiger partial charge in [0.1, 0.15) is 6.04 Å². The average molecular weight is 400 g/mol. The molecular formula is C23H20N4O3. The maximum Gasteiger partial charge on any atom is 0.256 e. The fourth-order valence-corrected chi connectivity index (χ4v) is 4.06. The summed E-state index contributed by atoms with van der Waals surface area (Å²) in [5.41, 5.74) is 2.86. The molecule has 1 atom stereocenters. The zero-order chi connectivity index (χ0) is 20.7. The van der Waals surface area contributed by atoms with Crippen molar-refractivity contribution < 1.29 is 14.4 Å². The summed E-state index contributed by atoms with van der Waals surface area (Å²) >= 11 is 0. The standard InChI is InChI=1S/C23H20N4O3/c28-21(15-5-8-17(9-6-15)26-11-1-2-12-26)24-16-7-10-19-18(14-16)23(30)27-13-3-4-20(27)22(29)25-19/h1-2,5-12,14,20H,3-4,13H2,(H,24,28)(H,25,29)/t20-/m0/s1. The predicted molar refractivity (Wildman–Crippen MR) is 113 cm³/mol. The van der Waals surface area contributed by atoms with E-state index in [2.05, 4.69) is 10.6 Å². The molecule has 0 bridgehead atoms. The van der Waals surface area contributed by atoms with Gasteiger partial charge in [-0.1, -0.05) is 0 Å². The van der Waals surface area contributed by atoms with Crippen LogP contribution in [-0.2, 0) is 4.79 Å². The summed E-state index contributed by atoms with van der Waals surface area (Å²) < 4.78 is 1.96. The second-order valence-corrected chi connectivity index (χ2v) is 7.50. The number of hydrogen-bond acceptors (Lipinski definition) is 3. The molecule has 0 radical (unpaired) electrons. The van der Waals surface area contributed by atoms with Gasteiger partial charge in [0.05, 0.1) is 11.3 Å². The van der Waals surface area contributed by atoms with Crippen LogP contribution in [0.1, 0.15) is 33.6 Å². The molecule has 2 aliphatic heterocycles. The number of nitrogens with one attached hydrogen (secondary N) is 2. The van der Waals surface area contributed by atoms with Crippen LogP contribution in [0.4, 0.5) is 11.4 Å². The molecule has 7 heteroatoms. The number of nitrogens with zero attached hydrogens (tertiary/aromatic N) is 2.